The van der Waals surface area contributed by atoms with Gasteiger partial charge in [0.25, 0.3) is 0 Å². The number of nitrogens with zero attached hydrogens (tertiary/aromatic N) is 2. The molecule has 0 bridgehead atoms. The first-order valence-corrected chi connectivity index (χ1v) is 9.97. The van der Waals surface area contributed by atoms with Gasteiger partial charge >= 0.3 is 11.9 Å². The van der Waals surface area contributed by atoms with Gasteiger partial charge in [-0.2, -0.15) is 0 Å². The Kier molecular flexibility index (Phi) is 5.13. The molecule has 0 unspecified atom stereocenters. The van der Waals surface area contributed by atoms with Crippen LogP contribution in [-0.4, -0.2) is 21.0 Å². The first kappa shape index (κ1) is 19.6. The largest absolute Gasteiger partial charge is 0.489 e. The summed E-state index contributed by atoms with van der Waals surface area (Å²) in [6, 6.07) is 24.6. The predicted molar refractivity (Wildman–Crippen MR) is 118 cm³/mol. The molecule has 0 atom stereocenters. The molecule has 0 aliphatic carbocycles. The van der Waals surface area contributed by atoms with Crippen LogP contribution in [-0.2, 0) is 13.2 Å². The van der Waals surface area contributed by atoms with Crippen molar-refractivity contribution >= 4 is 28.0 Å². The Morgan fingerprint density at radius 3 is 2.34 bits per heavy atom. The van der Waals surface area contributed by atoms with Crippen molar-refractivity contribution in [3.05, 3.63) is 96.0 Å². The highest BCUT2D eigenvalue weighted by Crippen LogP contribution is 2.22. The molecule has 7 heteroatoms. The number of fused-ring (bicyclic) bond motifs is 2. The highest BCUT2D eigenvalue weighted by molar-refractivity contribution is 5.86. The van der Waals surface area contributed by atoms with Crippen molar-refractivity contribution < 1.29 is 23.8 Å². The van der Waals surface area contributed by atoms with Gasteiger partial charge in [0.1, 0.15) is 30.2 Å². The Bertz CT molecular complexity index is 1410. The molecule has 3 aromatic carbocycles. The normalized spacial score (nSPS) is 11.0. The summed E-state index contributed by atoms with van der Waals surface area (Å²) in [5.41, 5.74) is 3.55. The molecule has 158 valence electrons. The van der Waals surface area contributed by atoms with Crippen molar-refractivity contribution in [3.8, 4) is 11.5 Å². The van der Waals surface area contributed by atoms with Crippen LogP contribution in [0.2, 0.25) is 0 Å². The number of carboxylic acid groups (broad SMARTS) is 1. The van der Waals surface area contributed by atoms with Gasteiger partial charge in [-0.15, -0.1) is 0 Å². The molecular formula is C25H18N2O5. The van der Waals surface area contributed by atoms with E-state index in [1.54, 1.807) is 12.1 Å². The minimum Gasteiger partial charge on any atom is -0.489 e. The van der Waals surface area contributed by atoms with Gasteiger partial charge in [0.15, 0.2) is 5.58 Å². The number of benzene rings is 3. The summed E-state index contributed by atoms with van der Waals surface area (Å²) >= 11 is 0. The molecular weight excluding hydrogens is 408 g/mol. The third kappa shape index (κ3) is 4.22. The zero-order chi connectivity index (χ0) is 21.9. The Morgan fingerprint density at radius 2 is 1.56 bits per heavy atom. The molecule has 2 heterocycles. The minimum atomic E-state index is -1.20. The molecule has 32 heavy (non-hydrogen) atoms. The van der Waals surface area contributed by atoms with Crippen molar-refractivity contribution in [2.24, 2.45) is 0 Å². The van der Waals surface area contributed by atoms with E-state index >= 15 is 0 Å². The molecule has 0 fully saturated rings. The average Bonchev–Trinajstić information content (AvgIpc) is 3.26. The Labute approximate surface area is 182 Å². The second-order valence-electron chi connectivity index (χ2n) is 7.17. The van der Waals surface area contributed by atoms with Crippen LogP contribution in [0.25, 0.3) is 22.0 Å². The molecule has 5 rings (SSSR count). The molecule has 1 N–H and O–H groups in total. The Morgan fingerprint density at radius 1 is 0.812 bits per heavy atom. The zero-order valence-electron chi connectivity index (χ0n) is 16.9. The number of hydrogen-bond donors (Lipinski definition) is 1. The fourth-order valence-corrected chi connectivity index (χ4v) is 3.29. The van der Waals surface area contributed by atoms with Crippen LogP contribution in [0.1, 0.15) is 21.9 Å². The molecule has 0 aliphatic heterocycles. The van der Waals surface area contributed by atoms with Crippen molar-refractivity contribution in [3.63, 3.8) is 0 Å². The second kappa shape index (κ2) is 8.39. The summed E-state index contributed by atoms with van der Waals surface area (Å²) in [6.45, 7) is 0.681. The number of carboxylic acids is 1. The van der Waals surface area contributed by atoms with E-state index in [2.05, 4.69) is 9.97 Å². The Balaban J connectivity index is 1.19. The van der Waals surface area contributed by atoms with Crippen LogP contribution in [0.15, 0.2) is 83.3 Å². The van der Waals surface area contributed by atoms with E-state index in [0.29, 0.717) is 30.1 Å². The van der Waals surface area contributed by atoms with Crippen LogP contribution in [0, 0.1) is 0 Å². The van der Waals surface area contributed by atoms with Gasteiger partial charge in [-0.25, -0.2) is 14.8 Å². The first-order chi connectivity index (χ1) is 15.6. The molecule has 0 aliphatic rings. The molecule has 0 amide bonds. The topological polar surface area (TPSA) is 94.7 Å². The number of aromatic carboxylic acids is 1. The lowest BCUT2D eigenvalue weighted by Gasteiger charge is -2.09. The van der Waals surface area contributed by atoms with E-state index in [-0.39, 0.29) is 5.89 Å². The van der Waals surface area contributed by atoms with Gasteiger partial charge in [0.05, 0.1) is 11.2 Å². The van der Waals surface area contributed by atoms with Crippen molar-refractivity contribution in [2.45, 2.75) is 13.2 Å². The zero-order valence-corrected chi connectivity index (χ0v) is 16.9. The maximum atomic E-state index is 11.0. The number of ether oxygens (including phenoxy) is 2. The summed E-state index contributed by atoms with van der Waals surface area (Å²) in [5.74, 6) is -0.119. The first-order valence-electron chi connectivity index (χ1n) is 9.97. The molecule has 0 radical (unpaired) electrons. The van der Waals surface area contributed by atoms with Crippen LogP contribution < -0.4 is 9.47 Å². The highest BCUT2D eigenvalue weighted by atomic mass is 16.5. The maximum Gasteiger partial charge on any atom is 0.392 e. The van der Waals surface area contributed by atoms with E-state index in [1.807, 2.05) is 66.7 Å². The van der Waals surface area contributed by atoms with E-state index in [0.717, 1.165) is 27.9 Å². The summed E-state index contributed by atoms with van der Waals surface area (Å²) < 4.78 is 16.9. The molecule has 5 aromatic rings. The number of aromatic nitrogens is 2. The van der Waals surface area contributed by atoms with E-state index < -0.39 is 5.97 Å². The van der Waals surface area contributed by atoms with E-state index in [4.69, 9.17) is 19.0 Å². The number of para-hydroxylation sites is 1. The summed E-state index contributed by atoms with van der Waals surface area (Å²) in [7, 11) is 0. The molecule has 0 saturated carbocycles. The minimum absolute atomic E-state index is 0.306. The van der Waals surface area contributed by atoms with Crippen LogP contribution in [0.4, 0.5) is 0 Å². The summed E-state index contributed by atoms with van der Waals surface area (Å²) in [6.07, 6.45) is 0. The molecule has 0 saturated heterocycles. The number of pyridine rings is 1. The van der Waals surface area contributed by atoms with Gasteiger partial charge in [0.2, 0.25) is 0 Å². The van der Waals surface area contributed by atoms with Gasteiger partial charge in [-0.05, 0) is 54.1 Å². The van der Waals surface area contributed by atoms with E-state index in [9.17, 15) is 4.79 Å². The number of oxazole rings is 1. The van der Waals surface area contributed by atoms with Crippen LogP contribution in [0.5, 0.6) is 11.5 Å². The lowest BCUT2D eigenvalue weighted by molar-refractivity contribution is 0.0656. The van der Waals surface area contributed by atoms with Gasteiger partial charge in [-0.3, -0.25) is 0 Å². The van der Waals surface area contributed by atoms with Gasteiger partial charge in [0, 0.05) is 5.39 Å². The number of rotatable bonds is 7. The molecule has 2 aromatic heterocycles. The van der Waals surface area contributed by atoms with Crippen molar-refractivity contribution in [1.29, 1.82) is 0 Å². The fraction of sp³-hybridized carbons (Fsp3) is 0.0800. The fourth-order valence-electron chi connectivity index (χ4n) is 3.29. The van der Waals surface area contributed by atoms with Crippen LogP contribution in [0.3, 0.4) is 0 Å². The smallest absolute Gasteiger partial charge is 0.392 e. The standard InChI is InChI=1S/C25H18N2O5/c28-25(29)24-27-22-12-5-16(13-23(22)32-24)14-30-19-8-10-20(11-9-19)31-15-18-7-6-17-3-1-2-4-21(17)26-18/h1-13H,14-15H2,(H,28,29). The van der Waals surface area contributed by atoms with Gasteiger partial charge in [-0.1, -0.05) is 30.3 Å². The lowest BCUT2D eigenvalue weighted by Crippen LogP contribution is -1.99. The molecule has 0 spiro atoms. The third-order valence-corrected chi connectivity index (χ3v) is 4.91. The quantitative estimate of drug-likeness (QED) is 0.381. The predicted octanol–water partition coefficient (Wildman–Crippen LogP) is 5.23. The highest BCUT2D eigenvalue weighted by Gasteiger charge is 2.12. The second-order valence-corrected chi connectivity index (χ2v) is 7.17. The number of carbonyl (C=O) groups is 1. The number of hydrogen-bond acceptors (Lipinski definition) is 6. The summed E-state index contributed by atoms with van der Waals surface area (Å²) in [5, 5.41) is 10.1. The average molecular weight is 426 g/mol. The summed E-state index contributed by atoms with van der Waals surface area (Å²) in [4.78, 5) is 19.5. The third-order valence-electron chi connectivity index (χ3n) is 4.91. The SMILES string of the molecule is O=C(O)c1nc2ccc(COc3ccc(OCc4ccc5ccccc5n4)cc3)cc2o1. The van der Waals surface area contributed by atoms with Crippen LogP contribution >= 0.6 is 0 Å². The lowest BCUT2D eigenvalue weighted by atomic mass is 10.2. The maximum absolute atomic E-state index is 11.0. The molecule has 7 nitrogen and oxygen atoms in total. The van der Waals surface area contributed by atoms with E-state index in [1.165, 1.54) is 0 Å². The van der Waals surface area contributed by atoms with Gasteiger partial charge < -0.3 is 19.0 Å². The van der Waals surface area contributed by atoms with Crippen molar-refractivity contribution in [2.75, 3.05) is 0 Å². The monoisotopic (exact) mass is 426 g/mol. The van der Waals surface area contributed by atoms with Crippen molar-refractivity contribution in [1.82, 2.24) is 9.97 Å². The Hall–Kier alpha value is -4.39.